The molecule has 0 aromatic carbocycles. The molecule has 2 aromatic rings. The lowest BCUT2D eigenvalue weighted by molar-refractivity contribution is -0.0405. The summed E-state index contributed by atoms with van der Waals surface area (Å²) >= 11 is 0. The first kappa shape index (κ1) is 22.1. The molecule has 162 valence electrons. The van der Waals surface area contributed by atoms with Gasteiger partial charge in [0.1, 0.15) is 18.7 Å². The summed E-state index contributed by atoms with van der Waals surface area (Å²) in [5.41, 5.74) is 1.49. The van der Waals surface area contributed by atoms with E-state index < -0.39 is 14.4 Å². The molecular formula is C20H35N5O3Si. The van der Waals surface area contributed by atoms with E-state index in [4.69, 9.17) is 9.16 Å². The van der Waals surface area contributed by atoms with E-state index in [0.717, 1.165) is 30.1 Å². The highest BCUT2D eigenvalue weighted by Gasteiger charge is 2.41. The van der Waals surface area contributed by atoms with Gasteiger partial charge in [0.15, 0.2) is 25.3 Å². The zero-order chi connectivity index (χ0) is 21.4. The number of hydrogen-bond acceptors (Lipinski definition) is 7. The largest absolute Gasteiger partial charge is 0.414 e. The highest BCUT2D eigenvalue weighted by molar-refractivity contribution is 6.74. The lowest BCUT2D eigenvalue weighted by Crippen LogP contribution is -2.43. The van der Waals surface area contributed by atoms with Crippen LogP contribution in [0.3, 0.4) is 0 Å². The fraction of sp³-hybridized carbons (Fsp3) is 0.750. The molecule has 2 aromatic heterocycles. The predicted molar refractivity (Wildman–Crippen MR) is 117 cm³/mol. The molecule has 8 nitrogen and oxygen atoms in total. The van der Waals surface area contributed by atoms with Crippen molar-refractivity contribution in [3.8, 4) is 0 Å². The lowest BCUT2D eigenvalue weighted by Gasteiger charge is -2.37. The Morgan fingerprint density at radius 1 is 1.24 bits per heavy atom. The maximum atomic E-state index is 10.6. The zero-order valence-electron chi connectivity index (χ0n) is 18.7. The maximum Gasteiger partial charge on any atom is 0.192 e. The molecule has 3 atom stereocenters. The van der Waals surface area contributed by atoms with Gasteiger partial charge in [-0.3, -0.25) is 4.57 Å². The molecular weight excluding hydrogens is 386 g/mol. The van der Waals surface area contributed by atoms with Crippen molar-refractivity contribution in [2.45, 2.75) is 77.6 Å². The Bertz CT molecular complexity index is 831. The van der Waals surface area contributed by atoms with Gasteiger partial charge in [-0.25, -0.2) is 15.0 Å². The minimum absolute atomic E-state index is 0.119. The van der Waals surface area contributed by atoms with Gasteiger partial charge in [0.05, 0.1) is 19.0 Å². The van der Waals surface area contributed by atoms with Gasteiger partial charge in [0, 0.05) is 19.5 Å². The third-order valence-electron chi connectivity index (χ3n) is 6.33. The van der Waals surface area contributed by atoms with Crippen LogP contribution < -0.4 is 4.90 Å². The topological polar surface area (TPSA) is 85.5 Å². The van der Waals surface area contributed by atoms with Crippen LogP contribution in [-0.4, -0.2) is 64.8 Å². The van der Waals surface area contributed by atoms with Gasteiger partial charge in [0.25, 0.3) is 0 Å². The van der Waals surface area contributed by atoms with Gasteiger partial charge in [-0.1, -0.05) is 20.8 Å². The molecule has 1 fully saturated rings. The van der Waals surface area contributed by atoms with Crippen LogP contribution in [0.15, 0.2) is 12.7 Å². The third-order valence-corrected chi connectivity index (χ3v) is 10.8. The third kappa shape index (κ3) is 4.33. The number of aromatic nitrogens is 4. The minimum atomic E-state index is -1.90. The SMILES string of the molecule is CCN(CC)c1ncnc2c1ncn2[C@H]1C[C@H](O)[C@@H](CO[Si](C)(C)C(C)(C)C)O1. The average molecular weight is 422 g/mol. The van der Waals surface area contributed by atoms with Crippen molar-refractivity contribution in [1.29, 1.82) is 0 Å². The van der Waals surface area contributed by atoms with Crippen molar-refractivity contribution >= 4 is 25.3 Å². The first-order valence-corrected chi connectivity index (χ1v) is 13.4. The van der Waals surface area contributed by atoms with Crippen LogP contribution in [0.25, 0.3) is 11.2 Å². The molecule has 0 saturated carbocycles. The van der Waals surface area contributed by atoms with E-state index >= 15 is 0 Å². The average Bonchev–Trinajstić information content (AvgIpc) is 3.24. The number of imidazole rings is 1. The van der Waals surface area contributed by atoms with Crippen molar-refractivity contribution < 1.29 is 14.3 Å². The van der Waals surface area contributed by atoms with Gasteiger partial charge in [-0.15, -0.1) is 0 Å². The van der Waals surface area contributed by atoms with E-state index in [0.29, 0.717) is 13.0 Å². The standard InChI is InChI=1S/C20H35N5O3Si/c1-8-24(9-2)18-17-19(22-12-21-18)25(13-23-17)16-10-14(26)15(28-16)11-27-29(6,7)20(3,4)5/h12-16,26H,8-11H2,1-7H3/t14-,15+,16+/m0/s1. The number of fused-ring (bicyclic) bond motifs is 1. The number of anilines is 1. The molecule has 0 spiro atoms. The first-order valence-electron chi connectivity index (χ1n) is 10.5. The summed E-state index contributed by atoms with van der Waals surface area (Å²) < 4.78 is 14.4. The van der Waals surface area contributed by atoms with E-state index in [2.05, 4.69) is 67.6 Å². The van der Waals surface area contributed by atoms with Crippen molar-refractivity contribution in [2.75, 3.05) is 24.6 Å². The normalized spacial score (nSPS) is 23.1. The van der Waals surface area contributed by atoms with Crippen LogP contribution in [0.5, 0.6) is 0 Å². The smallest absolute Gasteiger partial charge is 0.192 e. The molecule has 3 rings (SSSR count). The van der Waals surface area contributed by atoms with E-state index in [1.54, 1.807) is 12.7 Å². The van der Waals surface area contributed by atoms with E-state index in [1.807, 2.05) is 4.57 Å². The molecule has 1 N–H and O–H groups in total. The number of aliphatic hydroxyl groups excluding tert-OH is 1. The van der Waals surface area contributed by atoms with Gasteiger partial charge >= 0.3 is 0 Å². The number of nitrogens with zero attached hydrogens (tertiary/aromatic N) is 5. The number of ether oxygens (including phenoxy) is 1. The Labute approximate surface area is 174 Å². The second-order valence-electron chi connectivity index (χ2n) is 9.20. The first-order chi connectivity index (χ1) is 13.6. The molecule has 1 aliphatic heterocycles. The van der Waals surface area contributed by atoms with Gasteiger partial charge in [-0.05, 0) is 32.0 Å². The zero-order valence-corrected chi connectivity index (χ0v) is 19.7. The molecule has 0 aliphatic carbocycles. The summed E-state index contributed by atoms with van der Waals surface area (Å²) in [4.78, 5) is 15.6. The Kier molecular flexibility index (Phi) is 6.33. The Morgan fingerprint density at radius 3 is 2.55 bits per heavy atom. The molecule has 29 heavy (non-hydrogen) atoms. The summed E-state index contributed by atoms with van der Waals surface area (Å²) in [6.45, 7) is 17.3. The van der Waals surface area contributed by atoms with E-state index in [9.17, 15) is 5.11 Å². The molecule has 0 bridgehead atoms. The molecule has 1 aliphatic rings. The summed E-state index contributed by atoms with van der Waals surface area (Å²) in [5.74, 6) is 0.829. The second-order valence-corrected chi connectivity index (χ2v) is 14.0. The van der Waals surface area contributed by atoms with Crippen molar-refractivity contribution in [3.05, 3.63) is 12.7 Å². The van der Waals surface area contributed by atoms with E-state index in [-0.39, 0.29) is 17.4 Å². The van der Waals surface area contributed by atoms with Crippen LogP contribution >= 0.6 is 0 Å². The molecule has 9 heteroatoms. The quantitative estimate of drug-likeness (QED) is 0.686. The number of hydrogen-bond donors (Lipinski definition) is 1. The van der Waals surface area contributed by atoms with Crippen LogP contribution in [0.4, 0.5) is 5.82 Å². The van der Waals surface area contributed by atoms with Crippen LogP contribution in [-0.2, 0) is 9.16 Å². The van der Waals surface area contributed by atoms with Crippen molar-refractivity contribution in [2.24, 2.45) is 0 Å². The molecule has 3 heterocycles. The number of rotatable bonds is 7. The van der Waals surface area contributed by atoms with Gasteiger partial charge in [-0.2, -0.15) is 0 Å². The maximum absolute atomic E-state index is 10.6. The van der Waals surface area contributed by atoms with Crippen molar-refractivity contribution in [1.82, 2.24) is 19.5 Å². The summed E-state index contributed by atoms with van der Waals surface area (Å²) in [6.07, 6.45) is 2.55. The molecule has 0 amide bonds. The summed E-state index contributed by atoms with van der Waals surface area (Å²) in [7, 11) is -1.90. The summed E-state index contributed by atoms with van der Waals surface area (Å²) in [5, 5.41) is 10.7. The Balaban J connectivity index is 1.77. The van der Waals surface area contributed by atoms with E-state index in [1.165, 1.54) is 0 Å². The fourth-order valence-electron chi connectivity index (χ4n) is 3.35. The van der Waals surface area contributed by atoms with Crippen LogP contribution in [0, 0.1) is 0 Å². The predicted octanol–water partition coefficient (Wildman–Crippen LogP) is 3.34. The van der Waals surface area contributed by atoms with Gasteiger partial charge < -0.3 is 19.2 Å². The fourth-order valence-corrected chi connectivity index (χ4v) is 4.36. The highest BCUT2D eigenvalue weighted by Crippen LogP contribution is 2.38. The second kappa shape index (κ2) is 8.29. The lowest BCUT2D eigenvalue weighted by atomic mass is 10.2. The minimum Gasteiger partial charge on any atom is -0.414 e. The Morgan fingerprint density at radius 2 is 1.93 bits per heavy atom. The molecule has 0 radical (unpaired) electrons. The summed E-state index contributed by atoms with van der Waals surface area (Å²) in [6, 6.07) is 0. The number of aliphatic hydroxyl groups is 1. The Hall–Kier alpha value is -1.55. The van der Waals surface area contributed by atoms with Gasteiger partial charge in [0.2, 0.25) is 0 Å². The highest BCUT2D eigenvalue weighted by atomic mass is 28.4. The molecule has 0 unspecified atom stereocenters. The monoisotopic (exact) mass is 421 g/mol. The molecule has 1 saturated heterocycles. The van der Waals surface area contributed by atoms with Crippen LogP contribution in [0.2, 0.25) is 18.1 Å². The van der Waals surface area contributed by atoms with Crippen LogP contribution in [0.1, 0.15) is 47.3 Å². The van der Waals surface area contributed by atoms with Crippen molar-refractivity contribution in [3.63, 3.8) is 0 Å².